The molecule has 0 unspecified atom stereocenters. The molecule has 0 aliphatic carbocycles. The Morgan fingerprint density at radius 3 is 2.67 bits per heavy atom. The molecule has 8 nitrogen and oxygen atoms in total. The third-order valence-electron chi connectivity index (χ3n) is 4.75. The first-order valence-corrected chi connectivity index (χ1v) is 9.37. The van der Waals surface area contributed by atoms with Crippen LogP contribution in [0.2, 0.25) is 0 Å². The molecule has 0 saturated heterocycles. The van der Waals surface area contributed by atoms with Gasteiger partial charge in [0.15, 0.2) is 24.6 Å². The van der Waals surface area contributed by atoms with Crippen LogP contribution in [0.5, 0.6) is 0 Å². The number of hydrogen-bond acceptors (Lipinski definition) is 7. The molecule has 2 aromatic rings. The molecule has 0 radical (unpaired) electrons. The zero-order valence-corrected chi connectivity index (χ0v) is 15.9. The van der Waals surface area contributed by atoms with Gasteiger partial charge in [-0.2, -0.15) is 0 Å². The zero-order valence-electron chi connectivity index (χ0n) is 15.9. The molecule has 2 aliphatic rings. The molecule has 0 saturated carbocycles. The van der Waals surface area contributed by atoms with E-state index < -0.39 is 24.1 Å². The number of esters is 1. The Morgan fingerprint density at radius 2 is 1.87 bits per heavy atom. The van der Waals surface area contributed by atoms with E-state index >= 15 is 0 Å². The van der Waals surface area contributed by atoms with Crippen LogP contribution < -0.4 is 10.6 Å². The maximum absolute atomic E-state index is 12.5. The highest BCUT2D eigenvalue weighted by molar-refractivity contribution is 6.20. The second-order valence-electron chi connectivity index (χ2n) is 6.83. The van der Waals surface area contributed by atoms with Crippen molar-refractivity contribution in [2.75, 3.05) is 23.8 Å². The smallest absolute Gasteiger partial charge is 0.347 e. The minimum atomic E-state index is -0.922. The number of fused-ring (bicyclic) bond motifs is 1. The summed E-state index contributed by atoms with van der Waals surface area (Å²) < 4.78 is 10.3. The van der Waals surface area contributed by atoms with Crippen LogP contribution in [0.3, 0.4) is 0 Å². The lowest BCUT2D eigenvalue weighted by Crippen LogP contribution is -2.21. The van der Waals surface area contributed by atoms with Crippen molar-refractivity contribution in [1.82, 2.24) is 0 Å². The highest BCUT2D eigenvalue weighted by Crippen LogP contribution is 2.24. The molecule has 0 atom stereocenters. The predicted octanol–water partition coefficient (Wildman–Crippen LogP) is 2.22. The first-order chi connectivity index (χ1) is 14.5. The normalized spacial score (nSPS) is 15.2. The van der Waals surface area contributed by atoms with Gasteiger partial charge in [-0.25, -0.2) is 4.79 Å². The van der Waals surface area contributed by atoms with Crippen molar-refractivity contribution < 1.29 is 28.7 Å². The van der Waals surface area contributed by atoms with Gasteiger partial charge in [0.2, 0.25) is 17.6 Å². The third kappa shape index (κ3) is 4.07. The van der Waals surface area contributed by atoms with Gasteiger partial charge in [-0.1, -0.05) is 18.2 Å². The van der Waals surface area contributed by atoms with Crippen molar-refractivity contribution in [3.8, 4) is 0 Å². The fraction of sp³-hybridized carbons (Fsp3) is 0.182. The van der Waals surface area contributed by atoms with Gasteiger partial charge in [-0.3, -0.25) is 14.4 Å². The Balaban J connectivity index is 1.43. The van der Waals surface area contributed by atoms with E-state index in [1.165, 1.54) is 0 Å². The molecule has 0 bridgehead atoms. The largest absolute Gasteiger partial charge is 0.470 e. The van der Waals surface area contributed by atoms with Crippen LogP contribution in [0.1, 0.15) is 22.3 Å². The second kappa shape index (κ2) is 8.20. The summed E-state index contributed by atoms with van der Waals surface area (Å²) in [6.07, 6.45) is 0.891. The summed E-state index contributed by atoms with van der Waals surface area (Å²) in [5.74, 6) is -1.90. The Labute approximate surface area is 171 Å². The van der Waals surface area contributed by atoms with Crippen molar-refractivity contribution in [1.29, 1.82) is 0 Å². The number of aryl methyl sites for hydroxylation is 1. The summed E-state index contributed by atoms with van der Waals surface area (Å²) in [6, 6.07) is 13.8. The molecule has 2 heterocycles. The number of carbonyl (C=O) groups is 4. The maximum Gasteiger partial charge on any atom is 0.347 e. The van der Waals surface area contributed by atoms with Crippen LogP contribution in [-0.2, 0) is 30.3 Å². The first kappa shape index (κ1) is 19.4. The van der Waals surface area contributed by atoms with Gasteiger partial charge in [0.25, 0.3) is 0 Å². The average molecular weight is 406 g/mol. The van der Waals surface area contributed by atoms with E-state index in [0.29, 0.717) is 29.8 Å². The number of ketones is 2. The summed E-state index contributed by atoms with van der Waals surface area (Å²) in [7, 11) is 0. The lowest BCUT2D eigenvalue weighted by atomic mass is 9.99. The van der Waals surface area contributed by atoms with Crippen molar-refractivity contribution in [2.24, 2.45) is 0 Å². The van der Waals surface area contributed by atoms with Crippen molar-refractivity contribution >= 4 is 34.8 Å². The molecule has 0 spiro atoms. The summed E-state index contributed by atoms with van der Waals surface area (Å²) in [6.45, 7) is -0.788. The fourth-order valence-corrected chi connectivity index (χ4v) is 3.21. The Kier molecular flexibility index (Phi) is 5.30. The Bertz CT molecular complexity index is 1070. The lowest BCUT2D eigenvalue weighted by Gasteiger charge is -2.17. The van der Waals surface area contributed by atoms with E-state index in [1.54, 1.807) is 42.5 Å². The van der Waals surface area contributed by atoms with Crippen molar-refractivity contribution in [2.45, 2.75) is 12.8 Å². The standard InChI is InChI=1S/C22H18N2O6/c25-17(14-6-8-16-13(10-14)7-9-19(27)24-16)11-30-22(28)20-18(26)12-29-21(20)23-15-4-2-1-3-5-15/h1-6,8,10,23H,7,9,11-12H2,(H,24,27). The van der Waals surface area contributed by atoms with Gasteiger partial charge in [0, 0.05) is 23.4 Å². The van der Waals surface area contributed by atoms with Crippen LogP contribution in [0, 0.1) is 0 Å². The molecule has 0 aromatic heterocycles. The number of benzene rings is 2. The number of nitrogens with one attached hydrogen (secondary N) is 2. The summed E-state index contributed by atoms with van der Waals surface area (Å²) in [5.41, 5.74) is 2.28. The van der Waals surface area contributed by atoms with Crippen LogP contribution in [0.15, 0.2) is 60.0 Å². The number of rotatable bonds is 6. The van der Waals surface area contributed by atoms with Gasteiger partial charge in [-0.15, -0.1) is 0 Å². The van der Waals surface area contributed by atoms with Gasteiger partial charge >= 0.3 is 5.97 Å². The highest BCUT2D eigenvalue weighted by atomic mass is 16.5. The fourth-order valence-electron chi connectivity index (χ4n) is 3.21. The minimum Gasteiger partial charge on any atom is -0.470 e. The monoisotopic (exact) mass is 406 g/mol. The molecular weight excluding hydrogens is 388 g/mol. The van der Waals surface area contributed by atoms with E-state index in [1.807, 2.05) is 6.07 Å². The summed E-state index contributed by atoms with van der Waals surface area (Å²) >= 11 is 0. The van der Waals surface area contributed by atoms with Crippen LogP contribution in [0.4, 0.5) is 11.4 Å². The Hall–Kier alpha value is -3.94. The molecular formula is C22H18N2O6. The van der Waals surface area contributed by atoms with E-state index in [-0.39, 0.29) is 24.0 Å². The van der Waals surface area contributed by atoms with Gasteiger partial charge in [-0.05, 0) is 42.3 Å². The quantitative estimate of drug-likeness (QED) is 0.430. The minimum absolute atomic E-state index is 0.00757. The number of amides is 1. The number of ether oxygens (including phenoxy) is 2. The highest BCUT2D eigenvalue weighted by Gasteiger charge is 2.33. The van der Waals surface area contributed by atoms with Crippen LogP contribution in [-0.4, -0.2) is 36.7 Å². The van der Waals surface area contributed by atoms with Gasteiger partial charge < -0.3 is 20.1 Å². The van der Waals surface area contributed by atoms with Crippen LogP contribution >= 0.6 is 0 Å². The second-order valence-corrected chi connectivity index (χ2v) is 6.83. The lowest BCUT2D eigenvalue weighted by molar-refractivity contribution is -0.139. The molecule has 0 fully saturated rings. The molecule has 30 heavy (non-hydrogen) atoms. The van der Waals surface area contributed by atoms with Crippen molar-refractivity contribution in [3.05, 3.63) is 71.1 Å². The molecule has 2 aromatic carbocycles. The number of hydrogen-bond donors (Lipinski definition) is 2. The maximum atomic E-state index is 12.5. The predicted molar refractivity (Wildman–Crippen MR) is 107 cm³/mol. The topological polar surface area (TPSA) is 111 Å². The summed E-state index contributed by atoms with van der Waals surface area (Å²) in [5, 5.41) is 5.62. The van der Waals surface area contributed by atoms with Crippen molar-refractivity contribution in [3.63, 3.8) is 0 Å². The molecule has 2 N–H and O–H groups in total. The number of carbonyl (C=O) groups excluding carboxylic acids is 4. The Morgan fingerprint density at radius 1 is 1.07 bits per heavy atom. The van der Waals surface area contributed by atoms with E-state index in [2.05, 4.69) is 10.6 Å². The molecule has 4 rings (SSSR count). The number of Topliss-reactive ketones (excluding diaryl/α,β-unsaturated/α-hetero) is 2. The van der Waals surface area contributed by atoms with Gasteiger partial charge in [0.1, 0.15) is 0 Å². The molecule has 8 heteroatoms. The molecule has 1 amide bonds. The average Bonchev–Trinajstić information content (AvgIpc) is 3.12. The molecule has 2 aliphatic heterocycles. The van der Waals surface area contributed by atoms with Crippen LogP contribution in [0.25, 0.3) is 0 Å². The third-order valence-corrected chi connectivity index (χ3v) is 4.75. The van der Waals surface area contributed by atoms with E-state index in [0.717, 1.165) is 5.56 Å². The number of para-hydroxylation sites is 1. The molecule has 152 valence electrons. The SMILES string of the molecule is O=C1CCc2cc(C(=O)COC(=O)C3=C(Nc4ccccc4)OCC3=O)ccc2N1. The zero-order chi connectivity index (χ0) is 21.1. The summed E-state index contributed by atoms with van der Waals surface area (Å²) in [4.78, 5) is 48.4. The van der Waals surface area contributed by atoms with E-state index in [9.17, 15) is 19.2 Å². The first-order valence-electron chi connectivity index (χ1n) is 9.37. The van der Waals surface area contributed by atoms with Gasteiger partial charge in [0.05, 0.1) is 0 Å². The number of anilines is 2. The van der Waals surface area contributed by atoms with E-state index in [4.69, 9.17) is 9.47 Å².